The summed E-state index contributed by atoms with van der Waals surface area (Å²) in [5.41, 5.74) is 0. The molecule has 1 N–H and O–H groups in total. The van der Waals surface area contributed by atoms with Crippen molar-refractivity contribution in [1.29, 1.82) is 0 Å². The Morgan fingerprint density at radius 3 is 2.78 bits per heavy atom. The van der Waals surface area contributed by atoms with E-state index in [1.165, 1.54) is 32.8 Å². The Hall–Kier alpha value is -0.610. The van der Waals surface area contributed by atoms with Crippen LogP contribution in [0.15, 0.2) is 0 Å². The topological polar surface area (TPSA) is 41.6 Å². The van der Waals surface area contributed by atoms with E-state index in [1.54, 1.807) is 0 Å². The molecule has 18 heavy (non-hydrogen) atoms. The summed E-state index contributed by atoms with van der Waals surface area (Å²) in [7, 11) is 1.46. The second-order valence-electron chi connectivity index (χ2n) is 5.14. The van der Waals surface area contributed by atoms with Crippen LogP contribution >= 0.6 is 0 Å². The third-order valence-corrected chi connectivity index (χ3v) is 3.89. The number of ether oxygens (including phenoxy) is 1. The van der Waals surface area contributed by atoms with Crippen LogP contribution < -0.4 is 5.32 Å². The summed E-state index contributed by atoms with van der Waals surface area (Å²) < 4.78 is 4.85. The van der Waals surface area contributed by atoms with Crippen LogP contribution in [0.3, 0.4) is 0 Å². The first-order chi connectivity index (χ1) is 8.71. The van der Waals surface area contributed by atoms with Crippen molar-refractivity contribution in [3.63, 3.8) is 0 Å². The number of nitrogens with zero attached hydrogens (tertiary/aromatic N) is 1. The van der Waals surface area contributed by atoms with E-state index < -0.39 is 0 Å². The Kier molecular flexibility index (Phi) is 7.28. The van der Waals surface area contributed by atoms with Crippen molar-refractivity contribution >= 4 is 5.97 Å². The molecule has 0 aromatic carbocycles. The summed E-state index contributed by atoms with van der Waals surface area (Å²) in [5.74, 6) is 0.721. The Morgan fingerprint density at radius 2 is 2.17 bits per heavy atom. The van der Waals surface area contributed by atoms with Gasteiger partial charge in [0.25, 0.3) is 0 Å². The van der Waals surface area contributed by atoms with E-state index in [0.29, 0.717) is 0 Å². The van der Waals surface area contributed by atoms with Crippen molar-refractivity contribution in [2.75, 3.05) is 33.3 Å². The second kappa shape index (κ2) is 8.48. The van der Waals surface area contributed by atoms with Crippen LogP contribution in [0.25, 0.3) is 0 Å². The van der Waals surface area contributed by atoms with Gasteiger partial charge in [0.15, 0.2) is 0 Å². The zero-order valence-electron chi connectivity index (χ0n) is 12.1. The summed E-state index contributed by atoms with van der Waals surface area (Å²) in [6.45, 7) is 8.08. The van der Waals surface area contributed by atoms with Gasteiger partial charge in [-0.3, -0.25) is 4.79 Å². The highest BCUT2D eigenvalue weighted by Gasteiger charge is 2.23. The lowest BCUT2D eigenvalue weighted by Gasteiger charge is -2.25. The van der Waals surface area contributed by atoms with Crippen LogP contribution in [0.2, 0.25) is 0 Å². The molecule has 1 fully saturated rings. The largest absolute Gasteiger partial charge is 0.468 e. The number of rotatable bonds is 6. The second-order valence-corrected chi connectivity index (χ2v) is 5.14. The number of carbonyl (C=O) groups excluding carboxylic acids is 1. The lowest BCUT2D eigenvalue weighted by atomic mass is 9.98. The summed E-state index contributed by atoms with van der Waals surface area (Å²) in [6, 6.07) is -0.182. The lowest BCUT2D eigenvalue weighted by Crippen LogP contribution is -2.47. The number of esters is 1. The van der Waals surface area contributed by atoms with Gasteiger partial charge < -0.3 is 15.0 Å². The molecule has 4 nitrogen and oxygen atoms in total. The minimum atomic E-state index is -0.182. The minimum absolute atomic E-state index is 0.145. The third-order valence-electron chi connectivity index (χ3n) is 3.89. The molecule has 1 aliphatic heterocycles. The first-order valence-corrected chi connectivity index (χ1v) is 7.24. The monoisotopic (exact) mass is 256 g/mol. The first kappa shape index (κ1) is 15.4. The van der Waals surface area contributed by atoms with Crippen LogP contribution in [0, 0.1) is 5.92 Å². The van der Waals surface area contributed by atoms with Gasteiger partial charge in [-0.2, -0.15) is 0 Å². The number of hydrogen-bond acceptors (Lipinski definition) is 4. The maximum absolute atomic E-state index is 11.7. The molecule has 0 amide bonds. The van der Waals surface area contributed by atoms with Gasteiger partial charge in [-0.05, 0) is 44.8 Å². The standard InChI is InChI=1S/C14H28N2O2/c1-4-12-7-6-9-16(10-8-12)11-13(15-5-2)14(17)18-3/h12-13,15H,4-11H2,1-3H3. The third kappa shape index (κ3) is 4.94. The van der Waals surface area contributed by atoms with Gasteiger partial charge in [-0.15, -0.1) is 0 Å². The molecular weight excluding hydrogens is 228 g/mol. The summed E-state index contributed by atoms with van der Waals surface area (Å²) in [6.07, 6.45) is 5.12. The molecular formula is C14H28N2O2. The van der Waals surface area contributed by atoms with Crippen LogP contribution in [0.4, 0.5) is 0 Å². The fraction of sp³-hybridized carbons (Fsp3) is 0.929. The van der Waals surface area contributed by atoms with E-state index >= 15 is 0 Å². The van der Waals surface area contributed by atoms with Gasteiger partial charge in [-0.1, -0.05) is 20.3 Å². The molecule has 4 heteroatoms. The van der Waals surface area contributed by atoms with Gasteiger partial charge >= 0.3 is 5.97 Å². The molecule has 0 aromatic heterocycles. The smallest absolute Gasteiger partial charge is 0.324 e. The minimum Gasteiger partial charge on any atom is -0.468 e. The molecule has 0 saturated carbocycles. The number of likely N-dealkylation sites (tertiary alicyclic amines) is 1. The molecule has 106 valence electrons. The van der Waals surface area contributed by atoms with Gasteiger partial charge in [0.1, 0.15) is 6.04 Å². The van der Waals surface area contributed by atoms with Gasteiger partial charge in [0.2, 0.25) is 0 Å². The van der Waals surface area contributed by atoms with Crippen LogP contribution in [0.1, 0.15) is 39.5 Å². The van der Waals surface area contributed by atoms with Gasteiger partial charge in [0.05, 0.1) is 7.11 Å². The van der Waals surface area contributed by atoms with Crippen LogP contribution in [-0.4, -0.2) is 50.2 Å². The van der Waals surface area contributed by atoms with Crippen molar-refractivity contribution in [3.8, 4) is 0 Å². The Balaban J connectivity index is 2.45. The number of likely N-dealkylation sites (N-methyl/N-ethyl adjacent to an activating group) is 1. The SMILES string of the molecule is CCNC(CN1CCCC(CC)CC1)C(=O)OC. The molecule has 2 unspecified atom stereocenters. The first-order valence-electron chi connectivity index (χ1n) is 7.24. The highest BCUT2D eigenvalue weighted by atomic mass is 16.5. The molecule has 2 atom stereocenters. The highest BCUT2D eigenvalue weighted by Crippen LogP contribution is 2.20. The van der Waals surface area contributed by atoms with Crippen molar-refractivity contribution in [2.24, 2.45) is 5.92 Å². The summed E-state index contributed by atoms with van der Waals surface area (Å²) >= 11 is 0. The maximum Gasteiger partial charge on any atom is 0.324 e. The number of carbonyl (C=O) groups is 1. The Labute approximate surface area is 111 Å². The highest BCUT2D eigenvalue weighted by molar-refractivity contribution is 5.75. The summed E-state index contributed by atoms with van der Waals surface area (Å²) in [4.78, 5) is 14.1. The molecule has 0 aromatic rings. The molecule has 1 heterocycles. The normalized spacial score (nSPS) is 23.4. The molecule has 0 radical (unpaired) electrons. The quantitative estimate of drug-likeness (QED) is 0.734. The van der Waals surface area contributed by atoms with E-state index in [9.17, 15) is 4.79 Å². The van der Waals surface area contributed by atoms with Crippen LogP contribution in [0.5, 0.6) is 0 Å². The van der Waals surface area contributed by atoms with Gasteiger partial charge in [0, 0.05) is 6.54 Å². The van der Waals surface area contributed by atoms with Crippen molar-refractivity contribution in [3.05, 3.63) is 0 Å². The van der Waals surface area contributed by atoms with Crippen molar-refractivity contribution in [2.45, 2.75) is 45.6 Å². The predicted molar refractivity (Wildman–Crippen MR) is 73.6 cm³/mol. The molecule has 1 saturated heterocycles. The van der Waals surface area contributed by atoms with Crippen molar-refractivity contribution < 1.29 is 9.53 Å². The molecule has 0 aliphatic carbocycles. The Morgan fingerprint density at radius 1 is 1.39 bits per heavy atom. The zero-order chi connectivity index (χ0) is 13.4. The van der Waals surface area contributed by atoms with E-state index in [-0.39, 0.29) is 12.0 Å². The van der Waals surface area contributed by atoms with E-state index in [2.05, 4.69) is 17.1 Å². The van der Waals surface area contributed by atoms with Crippen molar-refractivity contribution in [1.82, 2.24) is 10.2 Å². The maximum atomic E-state index is 11.7. The average Bonchev–Trinajstić information content (AvgIpc) is 2.62. The Bertz CT molecular complexity index is 246. The molecule has 0 bridgehead atoms. The average molecular weight is 256 g/mol. The number of nitrogens with one attached hydrogen (secondary N) is 1. The number of methoxy groups -OCH3 is 1. The van der Waals surface area contributed by atoms with Gasteiger partial charge in [-0.25, -0.2) is 0 Å². The lowest BCUT2D eigenvalue weighted by molar-refractivity contribution is -0.143. The fourth-order valence-corrected chi connectivity index (χ4v) is 2.68. The zero-order valence-corrected chi connectivity index (χ0v) is 12.1. The van der Waals surface area contributed by atoms with E-state index in [0.717, 1.165) is 32.1 Å². The fourth-order valence-electron chi connectivity index (χ4n) is 2.68. The molecule has 0 spiro atoms. The van der Waals surface area contributed by atoms with Crippen LogP contribution in [-0.2, 0) is 9.53 Å². The number of hydrogen-bond donors (Lipinski definition) is 1. The molecule has 1 aliphatic rings. The molecule has 1 rings (SSSR count). The predicted octanol–water partition coefficient (Wildman–Crippen LogP) is 1.65. The summed E-state index contributed by atoms with van der Waals surface area (Å²) in [5, 5.41) is 3.21. The van der Waals surface area contributed by atoms with E-state index in [1.807, 2.05) is 6.92 Å². The van der Waals surface area contributed by atoms with E-state index in [4.69, 9.17) is 4.74 Å².